The summed E-state index contributed by atoms with van der Waals surface area (Å²) in [7, 11) is -20.0. The zero-order valence-corrected chi connectivity index (χ0v) is 22.9. The molecule has 21 heteroatoms. The highest BCUT2D eigenvalue weighted by Gasteiger charge is 2.25. The lowest BCUT2D eigenvalue weighted by molar-refractivity contribution is 0.470. The molecule has 0 unspecified atom stereocenters. The third-order valence-electron chi connectivity index (χ3n) is 5.54. The number of nitrogens with two attached hydrogens (primary N) is 1. The Bertz CT molecular complexity index is 2280. The summed E-state index contributed by atoms with van der Waals surface area (Å²) >= 11 is 0. The van der Waals surface area contributed by atoms with Gasteiger partial charge in [-0.3, -0.25) is 18.2 Å². The monoisotopic (exact) mass is 649 g/mol. The fraction of sp³-hybridized carbons (Fsp3) is 0. The highest BCUT2D eigenvalue weighted by molar-refractivity contribution is 7.86. The maximum absolute atomic E-state index is 12.1. The standard InChI is InChI=1S/C20H15N3O14S4/c21-13-5-10(38(26,27)28)3-9-4-16(41(35,36)37)19(20(25)17(9)13)23-22-14-6-11(39(29,30)31)1-8-2-12(40(32,33)34)7-15(24)18(8)14/h1-7,24-25H,21H2,(H,26,27,28)(H,29,30,31)(H,32,33,34)(H,35,36,37). The highest BCUT2D eigenvalue weighted by Crippen LogP contribution is 2.45. The normalized spacial score (nSPS) is 13.4. The van der Waals surface area contributed by atoms with Crippen LogP contribution in [0.1, 0.15) is 0 Å². The summed E-state index contributed by atoms with van der Waals surface area (Å²) in [6, 6.07) is 4.70. The number of azo groups is 1. The summed E-state index contributed by atoms with van der Waals surface area (Å²) in [4.78, 5) is -3.74. The van der Waals surface area contributed by atoms with Crippen molar-refractivity contribution in [2.24, 2.45) is 10.2 Å². The van der Waals surface area contributed by atoms with Gasteiger partial charge in [-0.1, -0.05) is 0 Å². The third-order valence-corrected chi connectivity index (χ3v) is 8.90. The first-order valence-electron chi connectivity index (χ1n) is 10.3. The van der Waals surface area contributed by atoms with Gasteiger partial charge in [0.25, 0.3) is 40.5 Å². The molecule has 0 bridgehead atoms. The summed E-state index contributed by atoms with van der Waals surface area (Å²) < 4.78 is 132. The van der Waals surface area contributed by atoms with Crippen molar-refractivity contribution < 1.29 is 62.1 Å². The number of phenolic OH excluding ortho intramolecular Hbond substituents is 2. The number of rotatable bonds is 6. The molecule has 0 atom stereocenters. The Morgan fingerprint density at radius 2 is 1.02 bits per heavy atom. The fourth-order valence-electron chi connectivity index (χ4n) is 3.83. The summed E-state index contributed by atoms with van der Waals surface area (Å²) in [5.74, 6) is -1.97. The van der Waals surface area contributed by atoms with Crippen LogP contribution in [0.4, 0.5) is 17.1 Å². The van der Waals surface area contributed by atoms with Gasteiger partial charge < -0.3 is 15.9 Å². The van der Waals surface area contributed by atoms with E-state index >= 15 is 0 Å². The van der Waals surface area contributed by atoms with Crippen molar-refractivity contribution in [3.63, 3.8) is 0 Å². The van der Waals surface area contributed by atoms with E-state index in [2.05, 4.69) is 10.2 Å². The zero-order chi connectivity index (χ0) is 30.9. The second-order valence-corrected chi connectivity index (χ2v) is 13.9. The van der Waals surface area contributed by atoms with Crippen molar-refractivity contribution in [2.75, 3.05) is 5.73 Å². The number of fused-ring (bicyclic) bond motifs is 2. The van der Waals surface area contributed by atoms with Gasteiger partial charge in [-0.2, -0.15) is 33.7 Å². The van der Waals surface area contributed by atoms with Crippen molar-refractivity contribution in [3.05, 3.63) is 42.5 Å². The molecule has 0 spiro atoms. The maximum Gasteiger partial charge on any atom is 0.296 e. The van der Waals surface area contributed by atoms with Gasteiger partial charge in [0.2, 0.25) is 0 Å². The van der Waals surface area contributed by atoms with E-state index in [4.69, 9.17) is 5.73 Å². The van der Waals surface area contributed by atoms with Crippen LogP contribution in [-0.4, -0.2) is 62.1 Å². The number of hydrogen-bond acceptors (Lipinski definition) is 13. The van der Waals surface area contributed by atoms with E-state index in [1.54, 1.807) is 0 Å². The lowest BCUT2D eigenvalue weighted by Gasteiger charge is -2.12. The molecule has 0 saturated heterocycles. The molecule has 8 N–H and O–H groups in total. The van der Waals surface area contributed by atoms with Crippen molar-refractivity contribution >= 4 is 79.1 Å². The molecule has 17 nitrogen and oxygen atoms in total. The molecule has 0 aliphatic rings. The minimum atomic E-state index is -5.26. The van der Waals surface area contributed by atoms with Gasteiger partial charge in [-0.25, -0.2) is 0 Å². The first-order chi connectivity index (χ1) is 18.6. The Morgan fingerprint density at radius 3 is 1.51 bits per heavy atom. The van der Waals surface area contributed by atoms with Gasteiger partial charge in [0.05, 0.1) is 25.8 Å². The van der Waals surface area contributed by atoms with E-state index in [1.165, 1.54) is 0 Å². The van der Waals surface area contributed by atoms with E-state index < -0.39 is 110 Å². The number of nitrogens with zero attached hydrogens (tertiary/aromatic N) is 2. The maximum atomic E-state index is 12.1. The number of nitrogen functional groups attached to an aromatic ring is 1. The Morgan fingerprint density at radius 1 is 0.561 bits per heavy atom. The van der Waals surface area contributed by atoms with E-state index in [-0.39, 0.29) is 0 Å². The predicted molar refractivity (Wildman–Crippen MR) is 139 cm³/mol. The van der Waals surface area contributed by atoms with Crippen LogP contribution in [0.25, 0.3) is 21.5 Å². The van der Waals surface area contributed by atoms with Crippen LogP contribution in [0.2, 0.25) is 0 Å². The smallest absolute Gasteiger partial charge is 0.296 e. The number of anilines is 1. The molecule has 41 heavy (non-hydrogen) atoms. The Kier molecular flexibility index (Phi) is 7.00. The molecule has 0 heterocycles. The topological polar surface area (TPSA) is 309 Å². The molecule has 0 aliphatic heterocycles. The van der Waals surface area contributed by atoms with Gasteiger partial charge >= 0.3 is 0 Å². The van der Waals surface area contributed by atoms with Crippen LogP contribution in [0.5, 0.6) is 11.5 Å². The molecule has 0 fully saturated rings. The van der Waals surface area contributed by atoms with E-state index in [1.807, 2.05) is 0 Å². The van der Waals surface area contributed by atoms with Gasteiger partial charge in [0, 0.05) is 17.1 Å². The summed E-state index contributed by atoms with van der Waals surface area (Å²) in [5, 5.41) is 26.8. The lowest BCUT2D eigenvalue weighted by Crippen LogP contribution is -2.02. The SMILES string of the molecule is Nc1cc(S(=O)(=O)O)cc2cc(S(=O)(=O)O)c(N=Nc3cc(S(=O)(=O)O)cc4cc(S(=O)(=O)O)cc(O)c34)c(O)c12. The number of benzene rings is 4. The molecule has 0 radical (unpaired) electrons. The summed E-state index contributed by atoms with van der Waals surface area (Å²) in [6.07, 6.45) is 0. The zero-order valence-electron chi connectivity index (χ0n) is 19.6. The van der Waals surface area contributed by atoms with Crippen molar-refractivity contribution in [2.45, 2.75) is 19.6 Å². The second-order valence-electron chi connectivity index (χ2n) is 8.27. The van der Waals surface area contributed by atoms with E-state index in [0.717, 1.165) is 12.1 Å². The van der Waals surface area contributed by atoms with Gasteiger partial charge in [0.15, 0.2) is 5.75 Å². The summed E-state index contributed by atoms with van der Waals surface area (Å²) in [6.45, 7) is 0. The van der Waals surface area contributed by atoms with Crippen LogP contribution in [-0.2, 0) is 40.5 Å². The molecule has 0 aliphatic carbocycles. The average Bonchev–Trinajstić information content (AvgIpc) is 2.80. The molecule has 0 saturated carbocycles. The molecule has 218 valence electrons. The van der Waals surface area contributed by atoms with Crippen LogP contribution in [0.3, 0.4) is 0 Å². The summed E-state index contributed by atoms with van der Waals surface area (Å²) in [5.41, 5.74) is 3.63. The molecule has 0 aromatic heterocycles. The van der Waals surface area contributed by atoms with Gasteiger partial charge in [0.1, 0.15) is 16.3 Å². The quantitative estimate of drug-likeness (QED) is 0.0895. The van der Waals surface area contributed by atoms with E-state index in [9.17, 15) is 62.1 Å². The van der Waals surface area contributed by atoms with E-state index in [0.29, 0.717) is 30.3 Å². The van der Waals surface area contributed by atoms with Gasteiger partial charge in [-0.05, 0) is 47.2 Å². The van der Waals surface area contributed by atoms with Gasteiger partial charge in [-0.15, -0.1) is 10.2 Å². The fourth-order valence-corrected chi connectivity index (χ4v) is 6.11. The lowest BCUT2D eigenvalue weighted by atomic mass is 10.1. The van der Waals surface area contributed by atoms with Crippen molar-refractivity contribution in [1.82, 2.24) is 0 Å². The van der Waals surface area contributed by atoms with Crippen molar-refractivity contribution in [3.8, 4) is 11.5 Å². The Hall–Kier alpha value is -3.96. The molecule has 4 rings (SSSR count). The molecular formula is C20H15N3O14S4. The first-order valence-corrected chi connectivity index (χ1v) is 16.1. The van der Waals surface area contributed by atoms with Crippen LogP contribution in [0, 0.1) is 0 Å². The Labute approximate surface area is 230 Å². The molecule has 4 aromatic carbocycles. The van der Waals surface area contributed by atoms with Crippen molar-refractivity contribution in [1.29, 1.82) is 0 Å². The Balaban J connectivity index is 2.09. The number of phenols is 2. The largest absolute Gasteiger partial charge is 0.507 e. The third kappa shape index (κ3) is 5.77. The highest BCUT2D eigenvalue weighted by atomic mass is 32.2. The second kappa shape index (κ2) is 9.56. The first kappa shape index (κ1) is 30.0. The predicted octanol–water partition coefficient (Wildman–Crippen LogP) is 2.39. The average molecular weight is 650 g/mol. The number of aromatic hydroxyl groups is 2. The molecular weight excluding hydrogens is 634 g/mol. The minimum Gasteiger partial charge on any atom is -0.507 e. The molecule has 4 aromatic rings. The van der Waals surface area contributed by atoms with Crippen LogP contribution >= 0.6 is 0 Å². The number of hydrogen-bond donors (Lipinski definition) is 7. The molecule has 0 amide bonds. The van der Waals surface area contributed by atoms with Crippen LogP contribution < -0.4 is 5.73 Å². The van der Waals surface area contributed by atoms with Crippen LogP contribution in [0.15, 0.2) is 72.3 Å². The minimum absolute atomic E-state index is 0.393.